The fourth-order valence-electron chi connectivity index (χ4n) is 2.46. The van der Waals surface area contributed by atoms with E-state index in [0.717, 1.165) is 10.5 Å². The minimum absolute atomic E-state index is 0.0350. The van der Waals surface area contributed by atoms with E-state index in [1.807, 2.05) is 30.3 Å². The lowest BCUT2D eigenvalue weighted by molar-refractivity contribution is 0.0641. The van der Waals surface area contributed by atoms with Gasteiger partial charge in [-0.05, 0) is 30.5 Å². The fourth-order valence-corrected chi connectivity index (χ4v) is 2.46. The molecule has 0 spiro atoms. The molecule has 2 aromatic rings. The molecular formula is C19H19NO3. The number of rotatable bonds is 7. The summed E-state index contributed by atoms with van der Waals surface area (Å²) in [6.07, 6.45) is 0.445. The van der Waals surface area contributed by atoms with Crippen LogP contribution in [0.3, 0.4) is 0 Å². The lowest BCUT2D eigenvalue weighted by Gasteiger charge is -2.13. The standard InChI is InChI=1S/C19H19NO3/c21-18-16-10-4-5-11-17(16)19(22)20(18)12-6-7-13-23-14-15-8-2-1-3-9-15/h1-5,8-11H,6-7,12-14H2/i12D2. The Hall–Kier alpha value is -2.46. The van der Waals surface area contributed by atoms with Crippen molar-refractivity contribution in [3.05, 3.63) is 71.3 Å². The minimum Gasteiger partial charge on any atom is -0.377 e. The molecule has 0 aromatic heterocycles. The molecule has 1 heterocycles. The number of benzene rings is 2. The third-order valence-corrected chi connectivity index (χ3v) is 3.64. The van der Waals surface area contributed by atoms with Crippen molar-refractivity contribution in [2.24, 2.45) is 0 Å². The highest BCUT2D eigenvalue weighted by Gasteiger charge is 2.34. The van der Waals surface area contributed by atoms with Gasteiger partial charge in [-0.1, -0.05) is 42.5 Å². The van der Waals surface area contributed by atoms with Crippen molar-refractivity contribution in [3.63, 3.8) is 0 Å². The molecule has 0 N–H and O–H groups in total. The zero-order valence-electron chi connectivity index (χ0n) is 14.7. The lowest BCUT2D eigenvalue weighted by Crippen LogP contribution is -2.30. The Morgan fingerprint density at radius 3 is 2.13 bits per heavy atom. The average Bonchev–Trinajstić information content (AvgIpc) is 2.87. The Kier molecular flexibility index (Phi) is 4.08. The highest BCUT2D eigenvalue weighted by Crippen LogP contribution is 2.22. The molecule has 0 unspecified atom stereocenters. The van der Waals surface area contributed by atoms with E-state index < -0.39 is 18.3 Å². The van der Waals surface area contributed by atoms with Gasteiger partial charge in [-0.15, -0.1) is 0 Å². The molecule has 0 fully saturated rings. The van der Waals surface area contributed by atoms with Crippen molar-refractivity contribution in [1.82, 2.24) is 4.90 Å². The lowest BCUT2D eigenvalue weighted by atomic mass is 10.1. The molecule has 0 bridgehead atoms. The van der Waals surface area contributed by atoms with Gasteiger partial charge in [0.2, 0.25) is 0 Å². The van der Waals surface area contributed by atoms with Crippen molar-refractivity contribution in [3.8, 4) is 0 Å². The third kappa shape index (κ3) is 3.48. The molecule has 4 heteroatoms. The molecule has 2 amide bonds. The van der Waals surface area contributed by atoms with Gasteiger partial charge in [0, 0.05) is 15.8 Å². The number of carbonyl (C=O) groups is 2. The number of fused-ring (bicyclic) bond motifs is 1. The van der Waals surface area contributed by atoms with Crippen LogP contribution in [0.1, 0.15) is 41.9 Å². The van der Waals surface area contributed by atoms with Crippen LogP contribution in [0.5, 0.6) is 0 Å². The first-order valence-corrected chi connectivity index (χ1v) is 7.60. The van der Waals surface area contributed by atoms with Gasteiger partial charge < -0.3 is 4.74 Å². The second-order valence-electron chi connectivity index (χ2n) is 5.29. The molecule has 4 nitrogen and oxygen atoms in total. The number of ether oxygens (including phenoxy) is 1. The van der Waals surface area contributed by atoms with Gasteiger partial charge in [-0.2, -0.15) is 0 Å². The fraction of sp³-hybridized carbons (Fsp3) is 0.263. The molecule has 0 radical (unpaired) electrons. The van der Waals surface area contributed by atoms with Crippen LogP contribution in [-0.2, 0) is 11.3 Å². The van der Waals surface area contributed by atoms with Crippen LogP contribution in [0, 0.1) is 0 Å². The number of imide groups is 1. The van der Waals surface area contributed by atoms with Crippen LogP contribution in [0.4, 0.5) is 0 Å². The van der Waals surface area contributed by atoms with E-state index in [1.54, 1.807) is 24.3 Å². The van der Waals surface area contributed by atoms with Crippen molar-refractivity contribution in [2.45, 2.75) is 19.4 Å². The largest absolute Gasteiger partial charge is 0.377 e. The zero-order chi connectivity index (χ0) is 17.9. The molecule has 23 heavy (non-hydrogen) atoms. The molecule has 0 saturated carbocycles. The molecule has 3 rings (SSSR count). The normalized spacial score (nSPS) is 15.4. The Bertz CT molecular complexity index is 742. The topological polar surface area (TPSA) is 46.6 Å². The number of carbonyl (C=O) groups excluding carboxylic acids is 2. The number of amides is 2. The van der Waals surface area contributed by atoms with Gasteiger partial charge >= 0.3 is 0 Å². The zero-order valence-corrected chi connectivity index (χ0v) is 12.7. The van der Waals surface area contributed by atoms with Gasteiger partial charge in [0.1, 0.15) is 0 Å². The Morgan fingerprint density at radius 2 is 1.48 bits per heavy atom. The number of hydrogen-bond acceptors (Lipinski definition) is 3. The first-order valence-electron chi connectivity index (χ1n) is 8.60. The highest BCUT2D eigenvalue weighted by molar-refractivity contribution is 6.21. The van der Waals surface area contributed by atoms with E-state index in [4.69, 9.17) is 7.48 Å². The summed E-state index contributed by atoms with van der Waals surface area (Å²) >= 11 is 0. The highest BCUT2D eigenvalue weighted by atomic mass is 16.5. The van der Waals surface area contributed by atoms with Gasteiger partial charge in [-0.3, -0.25) is 14.5 Å². The van der Waals surface area contributed by atoms with Crippen molar-refractivity contribution in [1.29, 1.82) is 0 Å². The van der Waals surface area contributed by atoms with E-state index in [2.05, 4.69) is 0 Å². The second-order valence-corrected chi connectivity index (χ2v) is 5.29. The molecule has 0 atom stereocenters. The van der Waals surface area contributed by atoms with Crippen LogP contribution in [0.15, 0.2) is 54.6 Å². The summed E-state index contributed by atoms with van der Waals surface area (Å²) < 4.78 is 21.8. The monoisotopic (exact) mass is 311 g/mol. The van der Waals surface area contributed by atoms with Gasteiger partial charge in [0.05, 0.1) is 17.7 Å². The molecular weight excluding hydrogens is 290 g/mol. The third-order valence-electron chi connectivity index (χ3n) is 3.64. The summed E-state index contributed by atoms with van der Waals surface area (Å²) in [6.45, 7) is -1.22. The number of hydrogen-bond donors (Lipinski definition) is 0. The molecule has 118 valence electrons. The van der Waals surface area contributed by atoms with Crippen LogP contribution in [0.2, 0.25) is 0 Å². The van der Waals surface area contributed by atoms with Crippen LogP contribution >= 0.6 is 0 Å². The Labute approximate surface area is 138 Å². The maximum absolute atomic E-state index is 12.4. The molecule has 1 aliphatic heterocycles. The van der Waals surface area contributed by atoms with Gasteiger partial charge in [-0.25, -0.2) is 0 Å². The average molecular weight is 311 g/mol. The predicted octanol–water partition coefficient (Wildman–Crippen LogP) is 3.28. The van der Waals surface area contributed by atoms with Crippen LogP contribution < -0.4 is 0 Å². The SMILES string of the molecule is [2H]C([2H])(CCCOCc1ccccc1)N1C(=O)c2ccccc2C1=O. The summed E-state index contributed by atoms with van der Waals surface area (Å²) in [6, 6.07) is 16.1. The summed E-state index contributed by atoms with van der Waals surface area (Å²) in [5.41, 5.74) is 1.57. The van der Waals surface area contributed by atoms with E-state index >= 15 is 0 Å². The van der Waals surface area contributed by atoms with E-state index in [9.17, 15) is 9.59 Å². The quantitative estimate of drug-likeness (QED) is 0.582. The van der Waals surface area contributed by atoms with Gasteiger partial charge in [0.25, 0.3) is 11.8 Å². The summed E-state index contributed by atoms with van der Waals surface area (Å²) in [4.78, 5) is 25.5. The van der Waals surface area contributed by atoms with Crippen molar-refractivity contribution < 1.29 is 17.1 Å². The van der Waals surface area contributed by atoms with Crippen molar-refractivity contribution in [2.75, 3.05) is 13.1 Å². The van der Waals surface area contributed by atoms with E-state index in [1.165, 1.54) is 0 Å². The van der Waals surface area contributed by atoms with Crippen LogP contribution in [0.25, 0.3) is 0 Å². The molecule has 2 aromatic carbocycles. The summed E-state index contributed by atoms with van der Waals surface area (Å²) in [5, 5.41) is 0. The molecule has 0 saturated heterocycles. The Balaban J connectivity index is 1.54. The maximum Gasteiger partial charge on any atom is 0.261 e. The predicted molar refractivity (Wildman–Crippen MR) is 87.1 cm³/mol. The van der Waals surface area contributed by atoms with Crippen LogP contribution in [-0.4, -0.2) is 29.8 Å². The first-order chi connectivity index (χ1) is 12.0. The van der Waals surface area contributed by atoms with Crippen molar-refractivity contribution >= 4 is 11.8 Å². The smallest absolute Gasteiger partial charge is 0.261 e. The molecule has 0 aliphatic carbocycles. The van der Waals surface area contributed by atoms with Gasteiger partial charge in [0.15, 0.2) is 0 Å². The number of nitrogens with zero attached hydrogens (tertiary/aromatic N) is 1. The summed E-state index contributed by atoms with van der Waals surface area (Å²) in [7, 11) is 0. The minimum atomic E-state index is -2.04. The van der Waals surface area contributed by atoms with E-state index in [-0.39, 0.29) is 17.5 Å². The summed E-state index contributed by atoms with van der Waals surface area (Å²) in [5.74, 6) is -1.15. The Morgan fingerprint density at radius 1 is 0.870 bits per heavy atom. The second kappa shape index (κ2) is 7.20. The van der Waals surface area contributed by atoms with E-state index in [0.29, 0.717) is 19.6 Å². The molecule has 1 aliphatic rings. The first kappa shape index (κ1) is 13.0. The maximum atomic E-state index is 12.4.